The first kappa shape index (κ1) is 25.2. The second-order valence-corrected chi connectivity index (χ2v) is 7.86. The van der Waals surface area contributed by atoms with Crippen molar-refractivity contribution in [3.05, 3.63) is 77.4 Å². The molecule has 2 aromatic carbocycles. The van der Waals surface area contributed by atoms with Crippen LogP contribution in [-0.2, 0) is 4.79 Å². The number of carbonyl (C=O) groups excluding carboxylic acids is 2. The molecule has 0 saturated carbocycles. The minimum absolute atomic E-state index is 0.0223. The van der Waals surface area contributed by atoms with Crippen LogP contribution in [0.15, 0.2) is 60.4 Å². The summed E-state index contributed by atoms with van der Waals surface area (Å²) in [5.41, 5.74) is 1.02. The summed E-state index contributed by atoms with van der Waals surface area (Å²) in [6.07, 6.45) is -3.54. The Kier molecular flexibility index (Phi) is 8.25. The Morgan fingerprint density at radius 1 is 1.09 bits per heavy atom. The van der Waals surface area contributed by atoms with Gasteiger partial charge in [0.25, 0.3) is 5.91 Å². The van der Waals surface area contributed by atoms with E-state index in [4.69, 9.17) is 4.74 Å². The molecule has 10 heteroatoms. The van der Waals surface area contributed by atoms with Gasteiger partial charge in [-0.15, -0.1) is 0 Å². The molecular formula is C24H23F5N2O3. The first-order valence-electron chi connectivity index (χ1n) is 10.6. The highest BCUT2D eigenvalue weighted by Gasteiger charge is 2.38. The van der Waals surface area contributed by atoms with E-state index in [1.807, 2.05) is 18.2 Å². The van der Waals surface area contributed by atoms with Crippen molar-refractivity contribution < 1.29 is 36.3 Å². The Morgan fingerprint density at radius 2 is 1.76 bits per heavy atom. The Morgan fingerprint density at radius 3 is 2.35 bits per heavy atom. The van der Waals surface area contributed by atoms with Crippen LogP contribution < -0.4 is 10.1 Å². The van der Waals surface area contributed by atoms with Crippen LogP contribution in [-0.4, -0.2) is 49.1 Å². The monoisotopic (exact) mass is 482 g/mol. The molecule has 0 atom stereocenters. The highest BCUT2D eigenvalue weighted by molar-refractivity contribution is 5.94. The quantitative estimate of drug-likeness (QED) is 0.580. The number of hydrogen-bond acceptors (Lipinski definition) is 3. The number of carbonyl (C=O) groups is 2. The Balaban J connectivity index is 1.53. The third-order valence-electron chi connectivity index (χ3n) is 5.53. The average Bonchev–Trinajstić information content (AvgIpc) is 2.84. The van der Waals surface area contributed by atoms with Crippen molar-refractivity contribution in [3.63, 3.8) is 0 Å². The molecule has 1 aliphatic heterocycles. The lowest BCUT2D eigenvalue weighted by Gasteiger charge is -2.32. The Labute approximate surface area is 193 Å². The highest BCUT2D eigenvalue weighted by atomic mass is 19.4. The van der Waals surface area contributed by atoms with Crippen molar-refractivity contribution in [2.24, 2.45) is 0 Å². The lowest BCUT2D eigenvalue weighted by atomic mass is 9.89. The summed E-state index contributed by atoms with van der Waals surface area (Å²) in [7, 11) is 0. The van der Waals surface area contributed by atoms with Crippen molar-refractivity contribution in [2.75, 3.05) is 26.2 Å². The fraction of sp³-hybridized carbons (Fsp3) is 0.333. The van der Waals surface area contributed by atoms with Gasteiger partial charge in [-0.1, -0.05) is 30.3 Å². The van der Waals surface area contributed by atoms with Gasteiger partial charge in [0.15, 0.2) is 11.6 Å². The molecule has 0 aromatic heterocycles. The van der Waals surface area contributed by atoms with E-state index in [0.29, 0.717) is 19.0 Å². The number of ether oxygens (including phenoxy) is 1. The Bertz CT molecular complexity index is 1030. The molecule has 1 fully saturated rings. The van der Waals surface area contributed by atoms with E-state index in [1.54, 1.807) is 4.90 Å². The van der Waals surface area contributed by atoms with E-state index >= 15 is 0 Å². The number of likely N-dealkylation sites (tertiary alicyclic amines) is 1. The minimum atomic E-state index is -5.10. The van der Waals surface area contributed by atoms with Crippen LogP contribution in [0.2, 0.25) is 0 Å². The zero-order valence-electron chi connectivity index (χ0n) is 18.1. The molecule has 3 rings (SSSR count). The predicted octanol–water partition coefficient (Wildman–Crippen LogP) is 4.76. The second-order valence-electron chi connectivity index (χ2n) is 7.86. The summed E-state index contributed by atoms with van der Waals surface area (Å²) >= 11 is 0. The van der Waals surface area contributed by atoms with Gasteiger partial charge in [0.2, 0.25) is 0 Å². The number of hydrogen-bond donors (Lipinski definition) is 1. The van der Waals surface area contributed by atoms with Crippen LogP contribution in [0, 0.1) is 5.82 Å². The first-order valence-corrected chi connectivity index (χ1v) is 10.6. The normalized spacial score (nSPS) is 15.2. The number of amides is 2. The molecule has 1 aliphatic rings. The molecule has 1 saturated heterocycles. The third kappa shape index (κ3) is 6.55. The number of nitrogens with zero attached hydrogens (tertiary/aromatic N) is 1. The number of halogens is 5. The molecule has 1 N–H and O–H groups in total. The fourth-order valence-electron chi connectivity index (χ4n) is 3.66. The number of benzene rings is 2. The number of rotatable bonds is 7. The lowest BCUT2D eigenvalue weighted by molar-refractivity contribution is -0.173. The van der Waals surface area contributed by atoms with Gasteiger partial charge in [0.05, 0.1) is 6.33 Å². The summed E-state index contributed by atoms with van der Waals surface area (Å²) in [6.45, 7) is -0.281. The first-order chi connectivity index (χ1) is 16.2. The summed E-state index contributed by atoms with van der Waals surface area (Å²) in [4.78, 5) is 25.2. The fourth-order valence-corrected chi connectivity index (χ4v) is 3.66. The number of piperidine rings is 1. The van der Waals surface area contributed by atoms with Crippen molar-refractivity contribution in [1.29, 1.82) is 0 Å². The SMILES string of the molecule is O=C(c1ccc(OC/C(=C\F)CNC(=O)C(F)(F)F)c(F)c1)N1CCC(c2ccccc2)CC1. The maximum absolute atomic E-state index is 14.5. The van der Waals surface area contributed by atoms with Crippen LogP contribution in [0.4, 0.5) is 22.0 Å². The minimum Gasteiger partial charge on any atom is -0.486 e. The van der Waals surface area contributed by atoms with Gasteiger partial charge in [-0.25, -0.2) is 8.78 Å². The molecule has 0 spiro atoms. The summed E-state index contributed by atoms with van der Waals surface area (Å²) < 4.78 is 69.1. The molecule has 0 radical (unpaired) electrons. The molecule has 2 aromatic rings. The summed E-state index contributed by atoms with van der Waals surface area (Å²) in [5.74, 6) is -3.37. The smallest absolute Gasteiger partial charge is 0.471 e. The van der Waals surface area contributed by atoms with Crippen LogP contribution in [0.5, 0.6) is 5.75 Å². The van der Waals surface area contributed by atoms with Gasteiger partial charge in [0, 0.05) is 30.8 Å². The topological polar surface area (TPSA) is 58.6 Å². The highest BCUT2D eigenvalue weighted by Crippen LogP contribution is 2.29. The maximum atomic E-state index is 14.5. The van der Waals surface area contributed by atoms with Crippen LogP contribution in [0.1, 0.15) is 34.7 Å². The molecule has 0 aliphatic carbocycles. The van der Waals surface area contributed by atoms with Crippen LogP contribution in [0.25, 0.3) is 0 Å². The molecule has 2 amide bonds. The predicted molar refractivity (Wildman–Crippen MR) is 114 cm³/mol. The molecule has 5 nitrogen and oxygen atoms in total. The zero-order valence-corrected chi connectivity index (χ0v) is 18.1. The van der Waals surface area contributed by atoms with E-state index in [-0.39, 0.29) is 29.1 Å². The van der Waals surface area contributed by atoms with Gasteiger partial charge in [-0.2, -0.15) is 13.2 Å². The molecule has 0 bridgehead atoms. The standard InChI is InChI=1S/C24H23F5N2O3/c25-13-16(14-30-23(33)24(27,28)29)15-34-21-7-6-19(12-20(21)26)22(32)31-10-8-18(9-11-31)17-4-2-1-3-5-17/h1-7,12-13,18H,8-11,14-15H2,(H,30,33)/b16-13-. The van der Waals surface area contributed by atoms with E-state index in [1.165, 1.54) is 23.0 Å². The number of nitrogens with one attached hydrogen (secondary N) is 1. The molecule has 34 heavy (non-hydrogen) atoms. The molecule has 1 heterocycles. The third-order valence-corrected chi connectivity index (χ3v) is 5.53. The van der Waals surface area contributed by atoms with Gasteiger partial charge in [0.1, 0.15) is 6.61 Å². The van der Waals surface area contributed by atoms with Crippen molar-refractivity contribution in [2.45, 2.75) is 24.9 Å². The largest absolute Gasteiger partial charge is 0.486 e. The summed E-state index contributed by atoms with van der Waals surface area (Å²) in [6, 6.07) is 13.6. The van der Waals surface area contributed by atoms with Crippen molar-refractivity contribution in [3.8, 4) is 5.75 Å². The van der Waals surface area contributed by atoms with E-state index in [9.17, 15) is 31.5 Å². The van der Waals surface area contributed by atoms with Gasteiger partial charge < -0.3 is 15.0 Å². The lowest BCUT2D eigenvalue weighted by Crippen LogP contribution is -2.38. The van der Waals surface area contributed by atoms with Gasteiger partial charge in [-0.05, 0) is 42.5 Å². The van der Waals surface area contributed by atoms with Crippen LogP contribution in [0.3, 0.4) is 0 Å². The molecular weight excluding hydrogens is 459 g/mol. The van der Waals surface area contributed by atoms with Crippen molar-refractivity contribution in [1.82, 2.24) is 10.2 Å². The van der Waals surface area contributed by atoms with E-state index < -0.39 is 31.1 Å². The Hall–Kier alpha value is -3.43. The maximum Gasteiger partial charge on any atom is 0.471 e. The molecule has 0 unspecified atom stereocenters. The molecule has 182 valence electrons. The second kappa shape index (κ2) is 11.1. The average molecular weight is 482 g/mol. The number of alkyl halides is 3. The van der Waals surface area contributed by atoms with Gasteiger partial charge in [-0.3, -0.25) is 9.59 Å². The van der Waals surface area contributed by atoms with Gasteiger partial charge >= 0.3 is 12.1 Å². The zero-order chi connectivity index (χ0) is 24.7. The van der Waals surface area contributed by atoms with E-state index in [0.717, 1.165) is 18.9 Å². The van der Waals surface area contributed by atoms with E-state index in [2.05, 4.69) is 12.1 Å². The van der Waals surface area contributed by atoms with Crippen LogP contribution >= 0.6 is 0 Å². The summed E-state index contributed by atoms with van der Waals surface area (Å²) in [5, 5.41) is 1.50. The van der Waals surface area contributed by atoms with Crippen molar-refractivity contribution >= 4 is 11.8 Å².